The van der Waals surface area contributed by atoms with Gasteiger partial charge >= 0.3 is 0 Å². The highest BCUT2D eigenvalue weighted by Crippen LogP contribution is 2.31. The van der Waals surface area contributed by atoms with Crippen LogP contribution >= 0.6 is 0 Å². The van der Waals surface area contributed by atoms with Crippen LogP contribution in [0.25, 0.3) is 0 Å². The summed E-state index contributed by atoms with van der Waals surface area (Å²) in [7, 11) is 1.76. The Kier molecular flexibility index (Phi) is 4.16. The minimum atomic E-state index is -0.0359. The molecule has 1 amide bonds. The quantitative estimate of drug-likeness (QED) is 0.882. The number of rotatable bonds is 5. The average Bonchev–Trinajstić information content (AvgIpc) is 3.19. The number of hydrogen-bond acceptors (Lipinski definition) is 4. The van der Waals surface area contributed by atoms with Crippen molar-refractivity contribution in [2.24, 2.45) is 0 Å². The Hall–Kier alpha value is -2.34. The van der Waals surface area contributed by atoms with Crippen LogP contribution < -0.4 is 10.1 Å². The van der Waals surface area contributed by atoms with E-state index >= 15 is 0 Å². The summed E-state index contributed by atoms with van der Waals surface area (Å²) >= 11 is 0. The van der Waals surface area contributed by atoms with Gasteiger partial charge in [0.1, 0.15) is 5.75 Å². The first kappa shape index (κ1) is 16.8. The molecule has 1 fully saturated rings. The predicted molar refractivity (Wildman–Crippen MR) is 102 cm³/mol. The van der Waals surface area contributed by atoms with Gasteiger partial charge in [-0.15, -0.1) is 0 Å². The lowest BCUT2D eigenvalue weighted by Crippen LogP contribution is -2.33. The van der Waals surface area contributed by atoms with Crippen LogP contribution in [0, 0.1) is 0 Å². The number of hydrogen-bond donors (Lipinski definition) is 1. The number of carbonyl (C=O) groups excluding carboxylic acids is 1. The molecule has 142 valence electrons. The van der Waals surface area contributed by atoms with Crippen molar-refractivity contribution < 1.29 is 9.53 Å². The monoisotopic (exact) mass is 366 g/mol. The zero-order valence-electron chi connectivity index (χ0n) is 15.8. The number of nitrogens with zero attached hydrogens (tertiary/aromatic N) is 3. The van der Waals surface area contributed by atoms with Gasteiger partial charge in [0, 0.05) is 31.2 Å². The van der Waals surface area contributed by atoms with Gasteiger partial charge in [-0.25, -0.2) is 0 Å². The molecule has 1 saturated carbocycles. The molecule has 5 rings (SSSR count). The van der Waals surface area contributed by atoms with E-state index in [-0.39, 0.29) is 5.91 Å². The van der Waals surface area contributed by atoms with Gasteiger partial charge in [0.05, 0.1) is 19.3 Å². The summed E-state index contributed by atoms with van der Waals surface area (Å²) in [6.45, 7) is 3.42. The second-order valence-corrected chi connectivity index (χ2v) is 7.99. The molecule has 0 atom stereocenters. The lowest BCUT2D eigenvalue weighted by atomic mass is 10.0. The lowest BCUT2D eigenvalue weighted by molar-refractivity contribution is 0.0945. The van der Waals surface area contributed by atoms with Gasteiger partial charge in [-0.1, -0.05) is 6.07 Å². The van der Waals surface area contributed by atoms with Crippen molar-refractivity contribution in [2.75, 3.05) is 13.7 Å². The van der Waals surface area contributed by atoms with Crippen molar-refractivity contribution in [1.82, 2.24) is 20.0 Å². The third-order valence-electron chi connectivity index (χ3n) is 5.91. The van der Waals surface area contributed by atoms with Gasteiger partial charge < -0.3 is 10.1 Å². The Bertz CT molecular complexity index is 885. The Morgan fingerprint density at radius 1 is 1.22 bits per heavy atom. The third kappa shape index (κ3) is 3.34. The average molecular weight is 366 g/mol. The molecule has 27 heavy (non-hydrogen) atoms. The van der Waals surface area contributed by atoms with Crippen LogP contribution in [0.3, 0.4) is 0 Å². The number of carbonyl (C=O) groups is 1. The number of methoxy groups -OCH3 is 1. The van der Waals surface area contributed by atoms with Crippen molar-refractivity contribution in [3.63, 3.8) is 0 Å². The summed E-state index contributed by atoms with van der Waals surface area (Å²) in [4.78, 5) is 14.7. The summed E-state index contributed by atoms with van der Waals surface area (Å²) in [5.41, 5.74) is 5.85. The van der Waals surface area contributed by atoms with E-state index in [0.29, 0.717) is 11.7 Å². The van der Waals surface area contributed by atoms with E-state index in [1.165, 1.54) is 36.0 Å². The minimum Gasteiger partial charge on any atom is -0.496 e. The molecule has 2 aromatic rings. The van der Waals surface area contributed by atoms with Crippen LogP contribution in [0.1, 0.15) is 52.1 Å². The number of fused-ring (bicyclic) bond motifs is 2. The van der Waals surface area contributed by atoms with E-state index in [2.05, 4.69) is 27.4 Å². The fourth-order valence-corrected chi connectivity index (χ4v) is 4.26. The standard InChI is InChI=1S/C21H26N4O2/c1-27-20-10-15-4-2-3-14(15)9-16(20)12-24-7-8-25-18(13-24)11-19(23-25)21(26)22-17-5-6-17/h9-11,17H,2-8,12-13H2,1H3,(H,22,26). The van der Waals surface area contributed by atoms with Gasteiger partial charge in [-0.3, -0.25) is 14.4 Å². The summed E-state index contributed by atoms with van der Waals surface area (Å²) < 4.78 is 7.65. The first-order chi connectivity index (χ1) is 13.2. The molecular weight excluding hydrogens is 340 g/mol. The van der Waals surface area contributed by atoms with Crippen LogP contribution in [0.4, 0.5) is 0 Å². The SMILES string of the molecule is COc1cc2c(cc1CN1CCn3nc(C(=O)NC4CC4)cc3C1)CCC2. The fraction of sp³-hybridized carbons (Fsp3) is 0.524. The highest BCUT2D eigenvalue weighted by atomic mass is 16.5. The topological polar surface area (TPSA) is 59.4 Å². The molecule has 1 aliphatic heterocycles. The number of benzene rings is 1. The van der Waals surface area contributed by atoms with E-state index in [0.717, 1.165) is 50.5 Å². The molecule has 1 N–H and O–H groups in total. The van der Waals surface area contributed by atoms with Crippen LogP contribution in [-0.4, -0.2) is 40.3 Å². The highest BCUT2D eigenvalue weighted by molar-refractivity contribution is 5.92. The minimum absolute atomic E-state index is 0.0359. The molecule has 6 nitrogen and oxygen atoms in total. The molecule has 1 aromatic carbocycles. The Labute approximate surface area is 159 Å². The largest absolute Gasteiger partial charge is 0.496 e. The van der Waals surface area contributed by atoms with Crippen molar-refractivity contribution >= 4 is 5.91 Å². The molecule has 0 spiro atoms. The zero-order valence-corrected chi connectivity index (χ0v) is 15.8. The van der Waals surface area contributed by atoms with Crippen molar-refractivity contribution in [3.05, 3.63) is 46.3 Å². The number of amides is 1. The number of nitrogens with one attached hydrogen (secondary N) is 1. The third-order valence-corrected chi connectivity index (χ3v) is 5.91. The molecule has 3 aliphatic rings. The van der Waals surface area contributed by atoms with E-state index < -0.39 is 0 Å². The van der Waals surface area contributed by atoms with Gasteiger partial charge in [-0.05, 0) is 55.4 Å². The lowest BCUT2D eigenvalue weighted by Gasteiger charge is -2.28. The maximum Gasteiger partial charge on any atom is 0.272 e. The van der Waals surface area contributed by atoms with E-state index in [4.69, 9.17) is 4.74 Å². The normalized spacial score (nSPS) is 18.9. The molecule has 0 saturated heterocycles. The predicted octanol–water partition coefficient (Wildman–Crippen LogP) is 2.29. The van der Waals surface area contributed by atoms with E-state index in [1.54, 1.807) is 7.11 Å². The van der Waals surface area contributed by atoms with Gasteiger partial charge in [0.15, 0.2) is 5.69 Å². The van der Waals surface area contributed by atoms with Gasteiger partial charge in [0.2, 0.25) is 0 Å². The summed E-state index contributed by atoms with van der Waals surface area (Å²) in [5, 5.41) is 7.53. The molecule has 0 bridgehead atoms. The smallest absolute Gasteiger partial charge is 0.272 e. The molecule has 0 radical (unpaired) electrons. The summed E-state index contributed by atoms with van der Waals surface area (Å²) in [6.07, 6.45) is 5.78. The fourth-order valence-electron chi connectivity index (χ4n) is 4.26. The summed E-state index contributed by atoms with van der Waals surface area (Å²) in [5.74, 6) is 0.963. The second kappa shape index (κ2) is 6.68. The van der Waals surface area contributed by atoms with E-state index in [9.17, 15) is 4.79 Å². The Morgan fingerprint density at radius 2 is 2.04 bits per heavy atom. The first-order valence-corrected chi connectivity index (χ1v) is 9.98. The Balaban J connectivity index is 1.31. The molecular formula is C21H26N4O2. The maximum absolute atomic E-state index is 12.3. The molecule has 2 heterocycles. The van der Waals surface area contributed by atoms with E-state index in [1.807, 2.05) is 10.7 Å². The first-order valence-electron chi connectivity index (χ1n) is 9.98. The second-order valence-electron chi connectivity index (χ2n) is 7.99. The van der Waals surface area contributed by atoms with Gasteiger partial charge in [-0.2, -0.15) is 5.10 Å². The maximum atomic E-state index is 12.3. The van der Waals surface area contributed by atoms with Crippen molar-refractivity contribution in [1.29, 1.82) is 0 Å². The molecule has 2 aliphatic carbocycles. The van der Waals surface area contributed by atoms with Crippen LogP contribution in [0.2, 0.25) is 0 Å². The summed E-state index contributed by atoms with van der Waals surface area (Å²) in [6, 6.07) is 6.87. The Morgan fingerprint density at radius 3 is 2.81 bits per heavy atom. The van der Waals surface area contributed by atoms with Gasteiger partial charge in [0.25, 0.3) is 5.91 Å². The number of aromatic nitrogens is 2. The molecule has 1 aromatic heterocycles. The van der Waals surface area contributed by atoms with Crippen molar-refractivity contribution in [3.8, 4) is 5.75 Å². The van der Waals surface area contributed by atoms with Crippen molar-refractivity contribution in [2.45, 2.75) is 57.8 Å². The molecule has 0 unspecified atom stereocenters. The van der Waals surface area contributed by atoms with Crippen LogP contribution in [-0.2, 0) is 32.5 Å². The van der Waals surface area contributed by atoms with Crippen LogP contribution in [0.5, 0.6) is 5.75 Å². The highest BCUT2D eigenvalue weighted by Gasteiger charge is 2.27. The number of ether oxygens (including phenoxy) is 1. The number of aryl methyl sites for hydroxylation is 2. The molecule has 6 heteroatoms. The van der Waals surface area contributed by atoms with Crippen LogP contribution in [0.15, 0.2) is 18.2 Å². The zero-order chi connectivity index (χ0) is 18.4.